The number of anilines is 1. The zero-order valence-corrected chi connectivity index (χ0v) is 21.7. The summed E-state index contributed by atoms with van der Waals surface area (Å²) in [5, 5.41) is 23.1. The molecule has 0 aromatic heterocycles. The van der Waals surface area contributed by atoms with Gasteiger partial charge in [0.1, 0.15) is 22.0 Å². The predicted molar refractivity (Wildman–Crippen MR) is 142 cm³/mol. The minimum absolute atomic E-state index is 0.0762. The molecule has 0 fully saturated rings. The number of phenols is 1. The van der Waals surface area contributed by atoms with Crippen molar-refractivity contribution in [3.05, 3.63) is 81.8 Å². The molecular weight excluding hydrogens is 541 g/mol. The van der Waals surface area contributed by atoms with Crippen molar-refractivity contribution in [2.45, 2.75) is 11.8 Å². The molecule has 3 N–H and O–H groups in total. The minimum Gasteiger partial charge on any atom is -0.505 e. The van der Waals surface area contributed by atoms with Crippen molar-refractivity contribution in [1.82, 2.24) is 0 Å². The first-order chi connectivity index (χ1) is 17.5. The zero-order chi connectivity index (χ0) is 26.9. The second kappa shape index (κ2) is 10.3. The van der Waals surface area contributed by atoms with Crippen molar-refractivity contribution in [3.8, 4) is 11.5 Å². The van der Waals surface area contributed by atoms with Crippen LogP contribution in [0.15, 0.2) is 75.8 Å². The van der Waals surface area contributed by atoms with Crippen molar-refractivity contribution in [1.29, 1.82) is 0 Å². The SMILES string of the molecule is COc1ccc(Cl)c(NC(=O)c2cc3ccccc3c(N=Nc3c(C)cc(Cl)cc3S(=O)(=O)O)c2O)c1. The van der Waals surface area contributed by atoms with Gasteiger partial charge in [-0.05, 0) is 48.2 Å². The second-order valence-corrected chi connectivity index (χ2v) is 10.1. The van der Waals surface area contributed by atoms with Gasteiger partial charge in [0.05, 0.1) is 23.4 Å². The molecule has 37 heavy (non-hydrogen) atoms. The molecule has 4 aromatic carbocycles. The molecule has 0 saturated heterocycles. The highest BCUT2D eigenvalue weighted by Crippen LogP contribution is 2.41. The zero-order valence-electron chi connectivity index (χ0n) is 19.4. The first-order valence-electron chi connectivity index (χ1n) is 10.6. The van der Waals surface area contributed by atoms with Crippen molar-refractivity contribution in [3.63, 3.8) is 0 Å². The Morgan fingerprint density at radius 1 is 1.00 bits per heavy atom. The van der Waals surface area contributed by atoms with Gasteiger partial charge in [-0.25, -0.2) is 0 Å². The van der Waals surface area contributed by atoms with E-state index in [1.807, 2.05) is 0 Å². The quantitative estimate of drug-likeness (QED) is 0.170. The van der Waals surface area contributed by atoms with Crippen LogP contribution in [0.4, 0.5) is 17.1 Å². The molecule has 4 aromatic rings. The maximum absolute atomic E-state index is 13.2. The van der Waals surface area contributed by atoms with Crippen LogP contribution < -0.4 is 10.1 Å². The van der Waals surface area contributed by atoms with Crippen LogP contribution in [0.3, 0.4) is 0 Å². The van der Waals surface area contributed by atoms with E-state index in [0.29, 0.717) is 22.1 Å². The largest absolute Gasteiger partial charge is 0.505 e. The predicted octanol–water partition coefficient (Wildman–Crippen LogP) is 7.08. The van der Waals surface area contributed by atoms with Crippen LogP contribution in [0, 0.1) is 6.92 Å². The molecule has 0 saturated carbocycles. The van der Waals surface area contributed by atoms with E-state index in [2.05, 4.69) is 15.5 Å². The molecule has 0 radical (unpaired) electrons. The number of amides is 1. The fourth-order valence-electron chi connectivity index (χ4n) is 3.64. The van der Waals surface area contributed by atoms with Crippen LogP contribution in [-0.2, 0) is 10.1 Å². The van der Waals surface area contributed by atoms with E-state index < -0.39 is 26.7 Å². The van der Waals surface area contributed by atoms with Crippen LogP contribution in [0.25, 0.3) is 10.8 Å². The maximum Gasteiger partial charge on any atom is 0.296 e. The van der Waals surface area contributed by atoms with Gasteiger partial charge in [-0.2, -0.15) is 8.42 Å². The number of carbonyl (C=O) groups is 1. The Hall–Kier alpha value is -3.70. The summed E-state index contributed by atoms with van der Waals surface area (Å²) in [7, 11) is -3.22. The topological polar surface area (TPSA) is 138 Å². The number of carbonyl (C=O) groups excluding carboxylic acids is 1. The normalized spacial score (nSPS) is 11.7. The Morgan fingerprint density at radius 2 is 1.70 bits per heavy atom. The van der Waals surface area contributed by atoms with Crippen molar-refractivity contribution in [2.75, 3.05) is 12.4 Å². The third kappa shape index (κ3) is 5.52. The third-order valence-corrected chi connectivity index (χ3v) is 6.83. The fraction of sp³-hybridized carbons (Fsp3) is 0.0800. The molecule has 0 atom stereocenters. The van der Waals surface area contributed by atoms with E-state index in [1.165, 1.54) is 32.2 Å². The Bertz CT molecular complexity index is 1690. The van der Waals surface area contributed by atoms with E-state index >= 15 is 0 Å². The summed E-state index contributed by atoms with van der Waals surface area (Å²) in [4.78, 5) is 12.6. The van der Waals surface area contributed by atoms with Gasteiger partial charge in [0.15, 0.2) is 5.75 Å². The van der Waals surface area contributed by atoms with Gasteiger partial charge in [0.25, 0.3) is 16.0 Å². The van der Waals surface area contributed by atoms with Gasteiger partial charge in [0, 0.05) is 16.5 Å². The molecule has 190 valence electrons. The molecule has 0 aliphatic rings. The number of halogens is 2. The van der Waals surface area contributed by atoms with E-state index in [9.17, 15) is 22.9 Å². The standard InChI is InChI=1S/C25H19Cl2N3O6S/c1-13-9-15(26)11-21(37(33,34)35)22(13)29-30-23-17-6-4-3-5-14(17)10-18(24(23)31)25(32)28-20-12-16(36-2)7-8-19(20)27/h3-12,31H,1-2H3,(H,28,32)(H,33,34,35). The molecule has 0 unspecified atom stereocenters. The molecule has 0 spiro atoms. The van der Waals surface area contributed by atoms with E-state index in [1.54, 1.807) is 36.4 Å². The van der Waals surface area contributed by atoms with E-state index in [4.69, 9.17) is 27.9 Å². The average Bonchev–Trinajstić information content (AvgIpc) is 2.84. The van der Waals surface area contributed by atoms with E-state index in [-0.39, 0.29) is 32.7 Å². The number of ether oxygens (including phenoxy) is 1. The summed E-state index contributed by atoms with van der Waals surface area (Å²) < 4.78 is 38.6. The molecule has 0 aliphatic heterocycles. The fourth-order valence-corrected chi connectivity index (χ4v) is 4.86. The second-order valence-electron chi connectivity index (χ2n) is 7.89. The van der Waals surface area contributed by atoms with Gasteiger partial charge in [0.2, 0.25) is 0 Å². The van der Waals surface area contributed by atoms with Crippen LogP contribution >= 0.6 is 23.2 Å². The number of hydrogen-bond donors (Lipinski definition) is 3. The molecule has 4 rings (SSSR count). The summed E-state index contributed by atoms with van der Waals surface area (Å²) in [6, 6.07) is 15.5. The molecular formula is C25H19Cl2N3O6S. The maximum atomic E-state index is 13.2. The van der Waals surface area contributed by atoms with Crippen molar-refractivity contribution in [2.24, 2.45) is 10.2 Å². The summed E-state index contributed by atoms with van der Waals surface area (Å²) in [5.74, 6) is -0.722. The van der Waals surface area contributed by atoms with Crippen LogP contribution in [0.5, 0.6) is 11.5 Å². The highest BCUT2D eigenvalue weighted by Gasteiger charge is 2.22. The first kappa shape index (κ1) is 26.4. The summed E-state index contributed by atoms with van der Waals surface area (Å²) in [6.07, 6.45) is 0. The summed E-state index contributed by atoms with van der Waals surface area (Å²) in [5.41, 5.74) is 0.184. The Morgan fingerprint density at radius 3 is 2.41 bits per heavy atom. The lowest BCUT2D eigenvalue weighted by Gasteiger charge is -2.13. The lowest BCUT2D eigenvalue weighted by atomic mass is 10.0. The number of rotatable bonds is 6. The summed E-state index contributed by atoms with van der Waals surface area (Å²) >= 11 is 12.2. The first-order valence-corrected chi connectivity index (χ1v) is 12.8. The van der Waals surface area contributed by atoms with Gasteiger partial charge in [-0.15, -0.1) is 10.2 Å². The third-order valence-electron chi connectivity index (χ3n) is 5.42. The molecule has 9 nitrogen and oxygen atoms in total. The van der Waals surface area contributed by atoms with Crippen molar-refractivity contribution >= 4 is 67.1 Å². The van der Waals surface area contributed by atoms with E-state index in [0.717, 1.165) is 6.07 Å². The average molecular weight is 560 g/mol. The van der Waals surface area contributed by atoms with Gasteiger partial charge in [-0.1, -0.05) is 47.5 Å². The smallest absolute Gasteiger partial charge is 0.296 e. The highest BCUT2D eigenvalue weighted by molar-refractivity contribution is 7.86. The van der Waals surface area contributed by atoms with Gasteiger partial charge < -0.3 is 15.2 Å². The number of fused-ring (bicyclic) bond motifs is 1. The van der Waals surface area contributed by atoms with Crippen LogP contribution in [0.1, 0.15) is 15.9 Å². The number of aromatic hydroxyl groups is 1. The van der Waals surface area contributed by atoms with Crippen molar-refractivity contribution < 1.29 is 27.6 Å². The Kier molecular flexibility index (Phi) is 7.37. The lowest BCUT2D eigenvalue weighted by molar-refractivity contribution is 0.102. The molecule has 12 heteroatoms. The monoisotopic (exact) mass is 559 g/mol. The Balaban J connectivity index is 1.85. The number of nitrogens with zero attached hydrogens (tertiary/aromatic N) is 2. The number of methoxy groups -OCH3 is 1. The van der Waals surface area contributed by atoms with Gasteiger partial charge in [-0.3, -0.25) is 9.35 Å². The highest BCUT2D eigenvalue weighted by atomic mass is 35.5. The molecule has 0 aliphatic carbocycles. The summed E-state index contributed by atoms with van der Waals surface area (Å²) in [6.45, 7) is 1.54. The minimum atomic E-state index is -4.69. The number of hydrogen-bond acceptors (Lipinski definition) is 7. The number of aryl methyl sites for hydroxylation is 1. The molecule has 0 heterocycles. The number of phenolic OH excluding ortho intramolecular Hbond substituents is 1. The lowest BCUT2D eigenvalue weighted by Crippen LogP contribution is -2.12. The number of benzene rings is 4. The number of azo groups is 1. The molecule has 0 bridgehead atoms. The van der Waals surface area contributed by atoms with Crippen LogP contribution in [0.2, 0.25) is 10.0 Å². The number of nitrogens with one attached hydrogen (secondary N) is 1. The Labute approximate surface area is 222 Å². The van der Waals surface area contributed by atoms with Gasteiger partial charge >= 0.3 is 0 Å². The molecule has 1 amide bonds. The van der Waals surface area contributed by atoms with Crippen LogP contribution in [-0.4, -0.2) is 31.1 Å².